The Morgan fingerprint density at radius 2 is 1.72 bits per heavy atom. The van der Waals surface area contributed by atoms with Gasteiger partial charge < -0.3 is 10.2 Å². The number of carbonyl (C=O) groups excluding carboxylic acids is 2. The topological polar surface area (TPSA) is 49.4 Å². The number of carbonyl (C=O) groups is 2. The van der Waals surface area contributed by atoms with Crippen molar-refractivity contribution in [3.8, 4) is 0 Å². The Balaban J connectivity index is 2.24. The molecule has 0 radical (unpaired) electrons. The van der Waals surface area contributed by atoms with Crippen molar-refractivity contribution in [3.05, 3.63) is 69.5 Å². The minimum absolute atomic E-state index is 0.0489. The Labute approximate surface area is 181 Å². The van der Waals surface area contributed by atoms with Crippen LogP contribution in [0.4, 0.5) is 4.39 Å². The highest BCUT2D eigenvalue weighted by molar-refractivity contribution is 6.35. The highest BCUT2D eigenvalue weighted by Crippen LogP contribution is 2.23. The van der Waals surface area contributed by atoms with E-state index in [-0.39, 0.29) is 30.6 Å². The van der Waals surface area contributed by atoms with Crippen molar-refractivity contribution in [2.45, 2.75) is 39.8 Å². The molecular weight excluding hydrogens is 414 g/mol. The summed E-state index contributed by atoms with van der Waals surface area (Å²) in [6.07, 6.45) is 0.0489. The lowest BCUT2D eigenvalue weighted by Crippen LogP contribution is -2.48. The normalized spacial score (nSPS) is 12.0. The smallest absolute Gasteiger partial charge is 0.242 e. The Morgan fingerprint density at radius 3 is 2.31 bits per heavy atom. The molecule has 0 aromatic heterocycles. The van der Waals surface area contributed by atoms with Gasteiger partial charge >= 0.3 is 0 Å². The number of hydrogen-bond acceptors (Lipinski definition) is 2. The van der Waals surface area contributed by atoms with E-state index in [4.69, 9.17) is 23.2 Å². The zero-order chi connectivity index (χ0) is 21.6. The van der Waals surface area contributed by atoms with E-state index in [0.717, 1.165) is 0 Å². The minimum atomic E-state index is -0.701. The predicted octanol–water partition coefficient (Wildman–Crippen LogP) is 4.86. The summed E-state index contributed by atoms with van der Waals surface area (Å²) in [5, 5.41) is 3.78. The molecule has 0 spiro atoms. The summed E-state index contributed by atoms with van der Waals surface area (Å²) < 4.78 is 13.2. The number of benzene rings is 2. The van der Waals surface area contributed by atoms with Crippen LogP contribution in [-0.4, -0.2) is 29.3 Å². The first-order valence-electron chi connectivity index (χ1n) is 9.43. The molecule has 2 rings (SSSR count). The Morgan fingerprint density at radius 1 is 1.07 bits per heavy atom. The Kier molecular flexibility index (Phi) is 8.47. The van der Waals surface area contributed by atoms with E-state index in [1.165, 1.54) is 17.0 Å². The predicted molar refractivity (Wildman–Crippen MR) is 114 cm³/mol. The third-order valence-corrected chi connectivity index (χ3v) is 5.06. The second-order valence-corrected chi connectivity index (χ2v) is 8.22. The highest BCUT2D eigenvalue weighted by atomic mass is 35.5. The maximum atomic E-state index is 13.2. The summed E-state index contributed by atoms with van der Waals surface area (Å²) in [6, 6.07) is 10.1. The lowest BCUT2D eigenvalue weighted by atomic mass is 10.1. The SMILES string of the molecule is CC(C)CNC(=O)[C@@H](C)N(Cc1ccc(Cl)cc1Cl)C(=O)Cc1ccc(F)cc1. The van der Waals surface area contributed by atoms with Crippen molar-refractivity contribution >= 4 is 35.0 Å². The summed E-state index contributed by atoms with van der Waals surface area (Å²) in [6.45, 7) is 6.35. The van der Waals surface area contributed by atoms with Crippen LogP contribution in [0.15, 0.2) is 42.5 Å². The molecule has 7 heteroatoms. The third-order valence-electron chi connectivity index (χ3n) is 4.48. The summed E-state index contributed by atoms with van der Waals surface area (Å²) in [5.41, 5.74) is 1.35. The van der Waals surface area contributed by atoms with E-state index < -0.39 is 6.04 Å². The van der Waals surface area contributed by atoms with Crippen molar-refractivity contribution in [1.29, 1.82) is 0 Å². The molecule has 0 aliphatic rings. The first kappa shape index (κ1) is 23.2. The van der Waals surface area contributed by atoms with Gasteiger partial charge in [0.25, 0.3) is 0 Å². The van der Waals surface area contributed by atoms with Crippen molar-refractivity contribution in [2.75, 3.05) is 6.54 Å². The standard InChI is InChI=1S/C22H25Cl2FN2O2/c1-14(2)12-26-22(29)15(3)27(13-17-6-7-18(23)11-20(17)24)21(28)10-16-4-8-19(25)9-5-16/h4-9,11,14-15H,10,12-13H2,1-3H3,(H,26,29)/t15-/m1/s1. The largest absolute Gasteiger partial charge is 0.354 e. The van der Waals surface area contributed by atoms with E-state index in [9.17, 15) is 14.0 Å². The van der Waals surface area contributed by atoms with E-state index in [0.29, 0.717) is 33.6 Å². The van der Waals surface area contributed by atoms with Gasteiger partial charge in [0, 0.05) is 23.1 Å². The first-order valence-corrected chi connectivity index (χ1v) is 10.2. The number of hydrogen-bond donors (Lipinski definition) is 1. The third kappa shape index (κ3) is 7.02. The van der Waals surface area contributed by atoms with E-state index in [1.807, 2.05) is 13.8 Å². The number of halogens is 3. The van der Waals surface area contributed by atoms with Gasteiger partial charge in [-0.25, -0.2) is 4.39 Å². The molecule has 0 bridgehead atoms. The molecular formula is C22H25Cl2FN2O2. The molecule has 1 N–H and O–H groups in total. The summed E-state index contributed by atoms with van der Waals surface area (Å²) in [5.74, 6) is -0.571. The van der Waals surface area contributed by atoms with E-state index in [1.54, 1.807) is 37.3 Å². The Bertz CT molecular complexity index is 856. The molecule has 0 saturated heterocycles. The zero-order valence-corrected chi connectivity index (χ0v) is 18.2. The van der Waals surface area contributed by atoms with Gasteiger partial charge in [-0.1, -0.05) is 55.2 Å². The van der Waals surface area contributed by atoms with Gasteiger partial charge in [-0.3, -0.25) is 9.59 Å². The van der Waals surface area contributed by atoms with Gasteiger partial charge in [0.05, 0.1) is 6.42 Å². The van der Waals surface area contributed by atoms with Gasteiger partial charge in [0.2, 0.25) is 11.8 Å². The van der Waals surface area contributed by atoms with Crippen molar-refractivity contribution in [3.63, 3.8) is 0 Å². The number of amides is 2. The number of nitrogens with zero attached hydrogens (tertiary/aromatic N) is 1. The molecule has 156 valence electrons. The van der Waals surface area contributed by atoms with Crippen LogP contribution in [0.3, 0.4) is 0 Å². The maximum absolute atomic E-state index is 13.2. The summed E-state index contributed by atoms with van der Waals surface area (Å²) in [4.78, 5) is 27.1. The molecule has 0 fully saturated rings. The maximum Gasteiger partial charge on any atom is 0.242 e. The lowest BCUT2D eigenvalue weighted by Gasteiger charge is -2.29. The summed E-state index contributed by atoms with van der Waals surface area (Å²) in [7, 11) is 0. The minimum Gasteiger partial charge on any atom is -0.354 e. The second kappa shape index (κ2) is 10.6. The molecule has 4 nitrogen and oxygen atoms in total. The fraction of sp³-hybridized carbons (Fsp3) is 0.364. The van der Waals surface area contributed by atoms with Crippen molar-refractivity contribution in [2.24, 2.45) is 5.92 Å². The van der Waals surface area contributed by atoms with Gasteiger partial charge in [0.1, 0.15) is 11.9 Å². The molecule has 0 saturated carbocycles. The van der Waals surface area contributed by atoms with Crippen LogP contribution < -0.4 is 5.32 Å². The van der Waals surface area contributed by atoms with Gasteiger partial charge in [-0.15, -0.1) is 0 Å². The molecule has 2 aromatic rings. The lowest BCUT2D eigenvalue weighted by molar-refractivity contribution is -0.140. The van der Waals surface area contributed by atoms with Gasteiger partial charge in [0.15, 0.2) is 0 Å². The molecule has 0 aliphatic carbocycles. The van der Waals surface area contributed by atoms with Crippen LogP contribution in [0.1, 0.15) is 31.9 Å². The zero-order valence-electron chi connectivity index (χ0n) is 16.7. The highest BCUT2D eigenvalue weighted by Gasteiger charge is 2.26. The summed E-state index contributed by atoms with van der Waals surface area (Å²) >= 11 is 12.2. The van der Waals surface area contributed by atoms with Crippen LogP contribution in [0.5, 0.6) is 0 Å². The van der Waals surface area contributed by atoms with Crippen LogP contribution >= 0.6 is 23.2 Å². The average molecular weight is 439 g/mol. The average Bonchev–Trinajstić information content (AvgIpc) is 2.66. The van der Waals surface area contributed by atoms with Crippen LogP contribution in [0.25, 0.3) is 0 Å². The molecule has 2 aromatic carbocycles. The number of rotatable bonds is 8. The first-order chi connectivity index (χ1) is 13.7. The number of nitrogens with one attached hydrogen (secondary N) is 1. The van der Waals surface area contributed by atoms with Crippen LogP contribution in [-0.2, 0) is 22.6 Å². The van der Waals surface area contributed by atoms with E-state index >= 15 is 0 Å². The second-order valence-electron chi connectivity index (χ2n) is 7.38. The monoisotopic (exact) mass is 438 g/mol. The van der Waals surface area contributed by atoms with Gasteiger partial charge in [-0.05, 0) is 48.2 Å². The quantitative estimate of drug-likeness (QED) is 0.639. The van der Waals surface area contributed by atoms with Crippen molar-refractivity contribution < 1.29 is 14.0 Å². The molecule has 1 atom stereocenters. The Hall–Kier alpha value is -2.11. The van der Waals surface area contributed by atoms with Gasteiger partial charge in [-0.2, -0.15) is 0 Å². The fourth-order valence-corrected chi connectivity index (χ4v) is 3.22. The molecule has 0 heterocycles. The van der Waals surface area contributed by atoms with Crippen LogP contribution in [0, 0.1) is 11.7 Å². The molecule has 0 aliphatic heterocycles. The molecule has 2 amide bonds. The van der Waals surface area contributed by atoms with Crippen LogP contribution in [0.2, 0.25) is 10.0 Å². The molecule has 29 heavy (non-hydrogen) atoms. The van der Waals surface area contributed by atoms with E-state index in [2.05, 4.69) is 5.32 Å². The fourth-order valence-electron chi connectivity index (χ4n) is 2.75. The van der Waals surface area contributed by atoms with Crippen molar-refractivity contribution in [1.82, 2.24) is 10.2 Å². The molecule has 0 unspecified atom stereocenters.